The number of aliphatic hydroxyl groups excluding tert-OH is 1. The Morgan fingerprint density at radius 1 is 1.06 bits per heavy atom. The Labute approximate surface area is 319 Å². The van der Waals surface area contributed by atoms with E-state index in [-0.39, 0.29) is 48.7 Å². The molecule has 11 heteroatoms. The summed E-state index contributed by atoms with van der Waals surface area (Å²) < 4.78 is 13.1. The van der Waals surface area contributed by atoms with Gasteiger partial charge >= 0.3 is 5.97 Å². The molecule has 2 bridgehead atoms. The Hall–Kier alpha value is -4.32. The normalized spacial score (nSPS) is 25.5. The lowest BCUT2D eigenvalue weighted by atomic mass is 9.70. The van der Waals surface area contributed by atoms with Crippen molar-refractivity contribution in [3.8, 4) is 0 Å². The van der Waals surface area contributed by atoms with Crippen LogP contribution in [0.15, 0.2) is 98.1 Å². The van der Waals surface area contributed by atoms with Crippen LogP contribution in [0.4, 0.5) is 5.69 Å². The smallest absolute Gasteiger partial charge is 0.313 e. The molecule has 3 fully saturated rings. The Bertz CT molecular complexity index is 1850. The molecule has 3 aliphatic rings. The van der Waals surface area contributed by atoms with Gasteiger partial charge in [0, 0.05) is 43.7 Å². The van der Waals surface area contributed by atoms with Crippen LogP contribution in [0.5, 0.6) is 0 Å². The van der Waals surface area contributed by atoms with Gasteiger partial charge in [-0.15, -0.1) is 13.2 Å². The standard InChI is InChI=1S/C42H48BrN3O7/c1-5-7-19-33(48)44(4)27(3)36(29-16-9-8-10-17-29)52-41(51)34-35-39(49)46(23-13-14-24-47)38(42(35)26-32(43)37(34)53-42)40(50)45(22-6-2)31-21-20-28-15-11-12-18-30(28)25-31/h5-6,8-12,15-18,20-21,25,27,32,34-38,47H,1-2,7,13-14,19,22-24,26H2,3-4H3/t27-,32?,34+,35-,36+,37+,38+,42-/m0/s1. The van der Waals surface area contributed by atoms with Gasteiger partial charge in [-0.2, -0.15) is 0 Å². The molecular weight excluding hydrogens is 738 g/mol. The van der Waals surface area contributed by atoms with Gasteiger partial charge in [0.05, 0.1) is 24.0 Å². The van der Waals surface area contributed by atoms with E-state index >= 15 is 4.79 Å². The number of likely N-dealkylation sites (tertiary alicyclic amines) is 1. The van der Waals surface area contributed by atoms with Gasteiger partial charge in [-0.25, -0.2) is 0 Å². The molecule has 6 rings (SSSR count). The van der Waals surface area contributed by atoms with Crippen LogP contribution in [0.3, 0.4) is 0 Å². The number of allylic oxidation sites excluding steroid dienone is 1. The van der Waals surface area contributed by atoms with E-state index in [2.05, 4.69) is 29.1 Å². The van der Waals surface area contributed by atoms with Crippen LogP contribution in [0, 0.1) is 11.8 Å². The van der Waals surface area contributed by atoms with E-state index in [1.807, 2.05) is 79.7 Å². The van der Waals surface area contributed by atoms with Crippen molar-refractivity contribution in [2.75, 3.05) is 31.6 Å². The third-order valence-corrected chi connectivity index (χ3v) is 11.9. The molecule has 3 amide bonds. The molecule has 3 saturated heterocycles. The second-order valence-electron chi connectivity index (χ2n) is 14.2. The van der Waals surface area contributed by atoms with E-state index in [9.17, 15) is 19.5 Å². The number of rotatable bonds is 16. The van der Waals surface area contributed by atoms with Gasteiger partial charge in [0.1, 0.15) is 17.7 Å². The number of carbonyl (C=O) groups is 4. The van der Waals surface area contributed by atoms with Gasteiger partial charge in [-0.05, 0) is 61.1 Å². The molecule has 1 spiro atoms. The number of ether oxygens (including phenoxy) is 2. The Kier molecular flexibility index (Phi) is 11.9. The highest BCUT2D eigenvalue weighted by molar-refractivity contribution is 9.09. The molecule has 8 atom stereocenters. The summed E-state index contributed by atoms with van der Waals surface area (Å²) in [5.41, 5.74) is 0.0524. The fraction of sp³-hybridized carbons (Fsp3) is 0.429. The first-order valence-corrected chi connectivity index (χ1v) is 19.3. The molecule has 10 nitrogen and oxygen atoms in total. The average molecular weight is 787 g/mol. The third-order valence-electron chi connectivity index (χ3n) is 11.1. The van der Waals surface area contributed by atoms with Gasteiger partial charge in [0.2, 0.25) is 11.8 Å². The van der Waals surface area contributed by atoms with Crippen LogP contribution >= 0.6 is 15.9 Å². The fourth-order valence-electron chi connectivity index (χ4n) is 8.38. The second-order valence-corrected chi connectivity index (χ2v) is 15.4. The average Bonchev–Trinajstić information content (AvgIpc) is 3.77. The summed E-state index contributed by atoms with van der Waals surface area (Å²) in [4.78, 5) is 61.8. The maximum atomic E-state index is 15.0. The molecular formula is C42H48BrN3O7. The van der Waals surface area contributed by atoms with Crippen LogP contribution < -0.4 is 4.90 Å². The number of amides is 3. The summed E-state index contributed by atoms with van der Waals surface area (Å²) in [6.45, 7) is 9.82. The predicted molar refractivity (Wildman–Crippen MR) is 207 cm³/mol. The van der Waals surface area contributed by atoms with Crippen molar-refractivity contribution in [2.24, 2.45) is 11.8 Å². The minimum Gasteiger partial charge on any atom is -0.455 e. The van der Waals surface area contributed by atoms with E-state index in [0.717, 1.165) is 10.8 Å². The van der Waals surface area contributed by atoms with E-state index in [4.69, 9.17) is 9.47 Å². The highest BCUT2D eigenvalue weighted by Gasteiger charge is 2.77. The number of hydrogen-bond acceptors (Lipinski definition) is 7. The number of hydrogen-bond donors (Lipinski definition) is 1. The van der Waals surface area contributed by atoms with Crippen LogP contribution in [0.2, 0.25) is 0 Å². The first kappa shape index (κ1) is 38.4. The molecule has 3 aliphatic heterocycles. The molecule has 0 saturated carbocycles. The maximum Gasteiger partial charge on any atom is 0.313 e. The highest BCUT2D eigenvalue weighted by Crippen LogP contribution is 2.60. The zero-order chi connectivity index (χ0) is 37.9. The molecule has 0 aromatic heterocycles. The number of carbonyl (C=O) groups excluding carboxylic acids is 4. The molecule has 0 aliphatic carbocycles. The molecule has 3 aromatic rings. The number of nitrogens with zero attached hydrogens (tertiary/aromatic N) is 3. The zero-order valence-corrected chi connectivity index (χ0v) is 31.9. The molecule has 3 heterocycles. The first-order valence-electron chi connectivity index (χ1n) is 18.3. The third kappa shape index (κ3) is 7.18. The Balaban J connectivity index is 1.36. The van der Waals surface area contributed by atoms with E-state index in [1.54, 1.807) is 33.9 Å². The number of alkyl halides is 1. The molecule has 3 aromatic carbocycles. The monoisotopic (exact) mass is 785 g/mol. The van der Waals surface area contributed by atoms with Crippen molar-refractivity contribution in [1.29, 1.82) is 0 Å². The lowest BCUT2D eigenvalue weighted by Gasteiger charge is -2.37. The largest absolute Gasteiger partial charge is 0.455 e. The van der Waals surface area contributed by atoms with Gasteiger partial charge in [0.25, 0.3) is 5.91 Å². The van der Waals surface area contributed by atoms with Crippen LogP contribution in [0.25, 0.3) is 10.8 Å². The van der Waals surface area contributed by atoms with Gasteiger partial charge in [0.15, 0.2) is 0 Å². The Morgan fingerprint density at radius 3 is 2.47 bits per heavy atom. The highest BCUT2D eigenvalue weighted by atomic mass is 79.9. The van der Waals surface area contributed by atoms with E-state index in [1.165, 1.54) is 0 Å². The van der Waals surface area contributed by atoms with Crippen LogP contribution in [-0.2, 0) is 28.7 Å². The number of esters is 1. The van der Waals surface area contributed by atoms with E-state index < -0.39 is 47.7 Å². The summed E-state index contributed by atoms with van der Waals surface area (Å²) in [7, 11) is 1.69. The van der Waals surface area contributed by atoms with Crippen molar-refractivity contribution in [1.82, 2.24) is 9.80 Å². The number of halogens is 1. The number of fused-ring (bicyclic) bond motifs is 2. The van der Waals surface area contributed by atoms with Crippen LogP contribution in [0.1, 0.15) is 50.7 Å². The summed E-state index contributed by atoms with van der Waals surface area (Å²) in [6, 6.07) is 21.4. The van der Waals surface area contributed by atoms with Crippen molar-refractivity contribution < 1.29 is 33.8 Å². The summed E-state index contributed by atoms with van der Waals surface area (Å²) in [6.07, 6.45) is 3.81. The van der Waals surface area contributed by atoms with Crippen molar-refractivity contribution >= 4 is 56.1 Å². The SMILES string of the molecule is C=CCCC(=O)N(C)[C@@H](C)[C@@H](OC(=O)[C@H]1[C@@H]2O[C@@]3(CC2Br)[C@@H]1C(=O)N(CCCCO)[C@@H]3C(=O)N(CC=C)c1ccc2ccccc2c1)c1ccccc1. The minimum absolute atomic E-state index is 0.0600. The van der Waals surface area contributed by atoms with Crippen molar-refractivity contribution in [2.45, 2.75) is 73.7 Å². The molecule has 0 radical (unpaired) electrons. The quantitative estimate of drug-likeness (QED) is 0.0823. The van der Waals surface area contributed by atoms with Crippen molar-refractivity contribution in [3.05, 3.63) is 104 Å². The predicted octanol–water partition coefficient (Wildman–Crippen LogP) is 5.98. The zero-order valence-electron chi connectivity index (χ0n) is 30.3. The summed E-state index contributed by atoms with van der Waals surface area (Å²) >= 11 is 3.76. The van der Waals surface area contributed by atoms with Crippen LogP contribution in [-0.4, -0.2) is 94.0 Å². The van der Waals surface area contributed by atoms with Gasteiger partial charge in [-0.3, -0.25) is 19.2 Å². The number of benzene rings is 3. The summed E-state index contributed by atoms with van der Waals surface area (Å²) in [5, 5.41) is 11.6. The molecule has 280 valence electrons. The van der Waals surface area contributed by atoms with E-state index in [0.29, 0.717) is 36.9 Å². The Morgan fingerprint density at radius 2 is 1.77 bits per heavy atom. The first-order chi connectivity index (χ1) is 25.6. The topological polar surface area (TPSA) is 117 Å². The number of likely N-dealkylation sites (N-methyl/N-ethyl adjacent to an activating group) is 1. The maximum absolute atomic E-state index is 15.0. The molecule has 1 N–H and O–H groups in total. The van der Waals surface area contributed by atoms with Gasteiger partial charge in [-0.1, -0.05) is 88.7 Å². The molecule has 1 unspecified atom stereocenters. The number of unbranched alkanes of at least 4 members (excludes halogenated alkanes) is 1. The number of anilines is 1. The molecule has 53 heavy (non-hydrogen) atoms. The minimum atomic E-state index is -1.31. The second kappa shape index (κ2) is 16.4. The number of aliphatic hydroxyl groups is 1. The van der Waals surface area contributed by atoms with Crippen molar-refractivity contribution in [3.63, 3.8) is 0 Å². The lowest BCUT2D eigenvalue weighted by Crippen LogP contribution is -2.57. The van der Waals surface area contributed by atoms with Gasteiger partial charge < -0.3 is 29.3 Å². The summed E-state index contributed by atoms with van der Waals surface area (Å²) in [5.74, 6) is -3.38. The fourth-order valence-corrected chi connectivity index (χ4v) is 9.32. The lowest BCUT2D eigenvalue weighted by molar-refractivity contribution is -0.164.